The number of amides is 2. The van der Waals surface area contributed by atoms with Gasteiger partial charge in [0.15, 0.2) is 0 Å². The standard InChI is InChI=1S/C21H17FN2O4/c22-19-13-16(23-14-28-12-2-1-11-25)5-8-18(19)15-3-6-17(7-4-15)24-20(26)9-10-21(24)27/h1-11,13,23H,12,14H2/b2-1-. The van der Waals surface area contributed by atoms with Crippen LogP contribution in [0.2, 0.25) is 0 Å². The maximum Gasteiger partial charge on any atom is 0.258 e. The van der Waals surface area contributed by atoms with Gasteiger partial charge in [0.25, 0.3) is 11.8 Å². The number of ether oxygens (including phenoxy) is 1. The molecular formula is C21H17FN2O4. The Kier molecular flexibility index (Phi) is 6.08. The van der Waals surface area contributed by atoms with Gasteiger partial charge in [-0.15, -0.1) is 0 Å². The molecule has 28 heavy (non-hydrogen) atoms. The molecule has 3 rings (SSSR count). The highest BCUT2D eigenvalue weighted by Gasteiger charge is 2.24. The first-order valence-electron chi connectivity index (χ1n) is 8.48. The van der Waals surface area contributed by atoms with E-state index in [-0.39, 0.29) is 13.3 Å². The Labute approximate surface area is 160 Å². The number of hydrogen-bond acceptors (Lipinski definition) is 5. The molecule has 2 aromatic rings. The molecule has 2 aromatic carbocycles. The van der Waals surface area contributed by atoms with Crippen LogP contribution in [-0.4, -0.2) is 31.4 Å². The van der Waals surface area contributed by atoms with Crippen LogP contribution in [-0.2, 0) is 19.1 Å². The lowest BCUT2D eigenvalue weighted by molar-refractivity contribution is -0.120. The fraction of sp³-hybridized carbons (Fsp3) is 0.0952. The maximum atomic E-state index is 14.5. The molecule has 1 aliphatic heterocycles. The van der Waals surface area contributed by atoms with Gasteiger partial charge >= 0.3 is 0 Å². The zero-order valence-electron chi connectivity index (χ0n) is 14.8. The van der Waals surface area contributed by atoms with E-state index < -0.39 is 17.6 Å². The minimum atomic E-state index is -0.423. The number of allylic oxidation sites excluding steroid dienone is 1. The van der Waals surface area contributed by atoms with Gasteiger partial charge in [-0.1, -0.05) is 18.2 Å². The first-order chi connectivity index (χ1) is 13.6. The highest BCUT2D eigenvalue weighted by Crippen LogP contribution is 2.28. The van der Waals surface area contributed by atoms with Crippen LogP contribution >= 0.6 is 0 Å². The van der Waals surface area contributed by atoms with Crippen molar-refractivity contribution < 1.29 is 23.5 Å². The van der Waals surface area contributed by atoms with Gasteiger partial charge in [0, 0.05) is 23.4 Å². The van der Waals surface area contributed by atoms with Gasteiger partial charge in [0.2, 0.25) is 0 Å². The summed E-state index contributed by atoms with van der Waals surface area (Å²) in [6, 6.07) is 11.2. The summed E-state index contributed by atoms with van der Waals surface area (Å²) in [4.78, 5) is 34.6. The summed E-state index contributed by atoms with van der Waals surface area (Å²) in [5.74, 6) is -1.22. The van der Waals surface area contributed by atoms with Gasteiger partial charge in [-0.25, -0.2) is 9.29 Å². The third kappa shape index (κ3) is 4.39. The Balaban J connectivity index is 1.65. The minimum absolute atomic E-state index is 0.169. The highest BCUT2D eigenvalue weighted by atomic mass is 19.1. The highest BCUT2D eigenvalue weighted by molar-refractivity contribution is 6.28. The third-order valence-corrected chi connectivity index (χ3v) is 4.02. The molecule has 0 atom stereocenters. The molecule has 142 valence electrons. The molecule has 0 unspecified atom stereocenters. The van der Waals surface area contributed by atoms with Gasteiger partial charge in [-0.05, 0) is 42.0 Å². The van der Waals surface area contributed by atoms with Crippen molar-refractivity contribution in [1.29, 1.82) is 0 Å². The van der Waals surface area contributed by atoms with Crippen molar-refractivity contribution in [3.8, 4) is 11.1 Å². The van der Waals surface area contributed by atoms with Gasteiger partial charge in [-0.3, -0.25) is 14.4 Å². The predicted molar refractivity (Wildman–Crippen MR) is 103 cm³/mol. The average molecular weight is 380 g/mol. The lowest BCUT2D eigenvalue weighted by Crippen LogP contribution is -2.29. The van der Waals surface area contributed by atoms with E-state index in [4.69, 9.17) is 4.74 Å². The van der Waals surface area contributed by atoms with E-state index in [1.54, 1.807) is 42.5 Å². The number of anilines is 2. The SMILES string of the molecule is O=C/C=C\COCNc1ccc(-c2ccc(N3C(=O)C=CC3=O)cc2)c(F)c1. The molecule has 1 heterocycles. The van der Waals surface area contributed by atoms with E-state index >= 15 is 0 Å². The zero-order valence-corrected chi connectivity index (χ0v) is 14.8. The van der Waals surface area contributed by atoms with Crippen LogP contribution < -0.4 is 10.2 Å². The van der Waals surface area contributed by atoms with Gasteiger partial charge < -0.3 is 10.1 Å². The molecule has 0 radical (unpaired) electrons. The molecular weight excluding hydrogens is 363 g/mol. The molecule has 0 aliphatic carbocycles. The molecule has 0 aromatic heterocycles. The molecule has 7 heteroatoms. The van der Waals surface area contributed by atoms with Crippen molar-refractivity contribution in [3.05, 3.63) is 72.6 Å². The predicted octanol–water partition coefficient (Wildman–Crippen LogP) is 3.06. The Morgan fingerprint density at radius 1 is 1.04 bits per heavy atom. The summed E-state index contributed by atoms with van der Waals surface area (Å²) in [6.07, 6.45) is 6.00. The number of benzene rings is 2. The summed E-state index contributed by atoms with van der Waals surface area (Å²) in [7, 11) is 0. The Hall–Kier alpha value is -3.58. The summed E-state index contributed by atoms with van der Waals surface area (Å²) in [5, 5.41) is 2.92. The molecule has 2 amide bonds. The third-order valence-electron chi connectivity index (χ3n) is 4.02. The van der Waals surface area contributed by atoms with Crippen molar-refractivity contribution in [3.63, 3.8) is 0 Å². The number of halogens is 1. The first-order valence-corrected chi connectivity index (χ1v) is 8.48. The fourth-order valence-electron chi connectivity index (χ4n) is 2.68. The molecule has 0 fully saturated rings. The van der Waals surface area contributed by atoms with Crippen molar-refractivity contribution in [2.75, 3.05) is 23.6 Å². The lowest BCUT2D eigenvalue weighted by atomic mass is 10.0. The average Bonchev–Trinajstić information content (AvgIpc) is 3.03. The lowest BCUT2D eigenvalue weighted by Gasteiger charge is -2.14. The number of carbonyl (C=O) groups is 3. The van der Waals surface area contributed by atoms with Crippen LogP contribution in [0.25, 0.3) is 11.1 Å². The Morgan fingerprint density at radius 3 is 2.39 bits per heavy atom. The molecule has 6 nitrogen and oxygen atoms in total. The van der Waals surface area contributed by atoms with Gasteiger partial charge in [0.1, 0.15) is 18.8 Å². The normalized spacial score (nSPS) is 13.5. The minimum Gasteiger partial charge on any atom is -0.363 e. The largest absolute Gasteiger partial charge is 0.363 e. The number of nitrogens with one attached hydrogen (secondary N) is 1. The van der Waals surface area contributed by atoms with E-state index in [9.17, 15) is 18.8 Å². The number of nitrogens with zero attached hydrogens (tertiary/aromatic N) is 1. The van der Waals surface area contributed by atoms with E-state index in [0.29, 0.717) is 28.8 Å². The second-order valence-electron chi connectivity index (χ2n) is 5.84. The van der Waals surface area contributed by atoms with Gasteiger partial charge in [0.05, 0.1) is 12.3 Å². The second kappa shape index (κ2) is 8.88. The fourth-order valence-corrected chi connectivity index (χ4v) is 2.68. The van der Waals surface area contributed by atoms with E-state index in [2.05, 4.69) is 5.32 Å². The van der Waals surface area contributed by atoms with E-state index in [1.807, 2.05) is 0 Å². The monoisotopic (exact) mass is 380 g/mol. The van der Waals surface area contributed by atoms with Gasteiger partial charge in [-0.2, -0.15) is 0 Å². The topological polar surface area (TPSA) is 75.7 Å². The van der Waals surface area contributed by atoms with Crippen molar-refractivity contribution in [2.24, 2.45) is 0 Å². The summed E-state index contributed by atoms with van der Waals surface area (Å²) in [6.45, 7) is 0.443. The number of imide groups is 1. The van der Waals surface area contributed by atoms with Crippen LogP contribution in [0, 0.1) is 5.82 Å². The quantitative estimate of drug-likeness (QED) is 0.250. The van der Waals surface area contributed by atoms with Crippen molar-refractivity contribution in [2.45, 2.75) is 0 Å². The zero-order chi connectivity index (χ0) is 19.9. The number of carbonyl (C=O) groups excluding carboxylic acids is 3. The summed E-state index contributed by atoms with van der Waals surface area (Å²) >= 11 is 0. The van der Waals surface area contributed by atoms with E-state index in [1.165, 1.54) is 24.3 Å². The van der Waals surface area contributed by atoms with Crippen LogP contribution in [0.3, 0.4) is 0 Å². The van der Waals surface area contributed by atoms with E-state index in [0.717, 1.165) is 4.90 Å². The molecule has 0 bridgehead atoms. The van der Waals surface area contributed by atoms with Crippen molar-refractivity contribution in [1.82, 2.24) is 0 Å². The first kappa shape index (κ1) is 19.2. The molecule has 0 saturated heterocycles. The van der Waals surface area contributed by atoms with Crippen molar-refractivity contribution >= 4 is 29.5 Å². The van der Waals surface area contributed by atoms with Crippen LogP contribution in [0.5, 0.6) is 0 Å². The summed E-state index contributed by atoms with van der Waals surface area (Å²) in [5.41, 5.74) is 2.00. The summed E-state index contributed by atoms with van der Waals surface area (Å²) < 4.78 is 19.7. The molecule has 0 saturated carbocycles. The number of rotatable bonds is 8. The molecule has 1 aliphatic rings. The Morgan fingerprint density at radius 2 is 1.75 bits per heavy atom. The molecule has 0 spiro atoms. The smallest absolute Gasteiger partial charge is 0.258 e. The van der Waals surface area contributed by atoms with Crippen LogP contribution in [0.1, 0.15) is 0 Å². The molecule has 1 N–H and O–H groups in total. The number of aldehydes is 1. The second-order valence-corrected chi connectivity index (χ2v) is 5.84. The number of hydrogen-bond donors (Lipinski definition) is 1. The van der Waals surface area contributed by atoms with Crippen LogP contribution in [0.4, 0.5) is 15.8 Å². The maximum absolute atomic E-state index is 14.5. The van der Waals surface area contributed by atoms with Crippen LogP contribution in [0.15, 0.2) is 66.8 Å². The Bertz CT molecular complexity index is 933.